The Morgan fingerprint density at radius 3 is 2.42 bits per heavy atom. The molecule has 0 amide bonds. The molecular formula is C16H16FIO. The van der Waals surface area contributed by atoms with Gasteiger partial charge in [0.25, 0.3) is 0 Å². The lowest BCUT2D eigenvalue weighted by Crippen LogP contribution is -2.02. The fourth-order valence-electron chi connectivity index (χ4n) is 2.06. The SMILES string of the molecule is CCCc1ccc(C(O)c2ccc(F)cc2I)cc1. The van der Waals surface area contributed by atoms with Crippen molar-refractivity contribution >= 4 is 22.6 Å². The quantitative estimate of drug-likeness (QED) is 0.788. The maximum atomic E-state index is 13.1. The Labute approximate surface area is 126 Å². The first kappa shape index (κ1) is 14.5. The molecule has 0 aromatic heterocycles. The van der Waals surface area contributed by atoms with Gasteiger partial charge in [-0.1, -0.05) is 43.7 Å². The van der Waals surface area contributed by atoms with Crippen LogP contribution in [0.25, 0.3) is 0 Å². The zero-order valence-electron chi connectivity index (χ0n) is 10.7. The summed E-state index contributed by atoms with van der Waals surface area (Å²) in [5, 5.41) is 10.4. The van der Waals surface area contributed by atoms with Crippen molar-refractivity contribution in [1.29, 1.82) is 0 Å². The lowest BCUT2D eigenvalue weighted by Gasteiger charge is -2.14. The van der Waals surface area contributed by atoms with Crippen LogP contribution in [0.4, 0.5) is 4.39 Å². The van der Waals surface area contributed by atoms with Crippen molar-refractivity contribution in [3.63, 3.8) is 0 Å². The molecule has 1 nitrogen and oxygen atoms in total. The fraction of sp³-hybridized carbons (Fsp3) is 0.250. The molecule has 0 aliphatic carbocycles. The van der Waals surface area contributed by atoms with Crippen molar-refractivity contribution in [1.82, 2.24) is 0 Å². The van der Waals surface area contributed by atoms with Gasteiger partial charge in [0.05, 0.1) is 0 Å². The van der Waals surface area contributed by atoms with E-state index in [1.807, 2.05) is 46.9 Å². The first-order chi connectivity index (χ1) is 9.11. The predicted octanol–water partition coefficient (Wildman–Crippen LogP) is 4.46. The van der Waals surface area contributed by atoms with Gasteiger partial charge in [-0.15, -0.1) is 0 Å². The molecule has 0 aliphatic heterocycles. The molecule has 0 aliphatic rings. The minimum atomic E-state index is -0.705. The van der Waals surface area contributed by atoms with Crippen molar-refractivity contribution in [3.05, 3.63) is 68.5 Å². The number of hydrogen-bond acceptors (Lipinski definition) is 1. The molecule has 3 heteroatoms. The predicted molar refractivity (Wildman–Crippen MR) is 83.6 cm³/mol. The van der Waals surface area contributed by atoms with E-state index in [1.54, 1.807) is 6.07 Å². The molecule has 0 spiro atoms. The minimum absolute atomic E-state index is 0.279. The highest BCUT2D eigenvalue weighted by Gasteiger charge is 2.14. The number of halogens is 2. The van der Waals surface area contributed by atoms with Gasteiger partial charge in [0, 0.05) is 3.57 Å². The Balaban J connectivity index is 2.25. The highest BCUT2D eigenvalue weighted by molar-refractivity contribution is 14.1. The normalized spacial score (nSPS) is 12.4. The van der Waals surface area contributed by atoms with E-state index in [0.717, 1.165) is 27.5 Å². The molecule has 2 rings (SSSR count). The third-order valence-corrected chi connectivity index (χ3v) is 4.03. The number of aliphatic hydroxyl groups is 1. The van der Waals surface area contributed by atoms with Gasteiger partial charge in [-0.05, 0) is 57.8 Å². The summed E-state index contributed by atoms with van der Waals surface area (Å²) in [4.78, 5) is 0. The van der Waals surface area contributed by atoms with Gasteiger partial charge in [-0.25, -0.2) is 4.39 Å². The van der Waals surface area contributed by atoms with E-state index in [9.17, 15) is 9.50 Å². The van der Waals surface area contributed by atoms with Crippen molar-refractivity contribution in [3.8, 4) is 0 Å². The summed E-state index contributed by atoms with van der Waals surface area (Å²) in [6.07, 6.45) is 1.45. The van der Waals surface area contributed by atoms with E-state index < -0.39 is 6.10 Å². The molecule has 1 N–H and O–H groups in total. The summed E-state index contributed by atoms with van der Waals surface area (Å²) in [6.45, 7) is 2.14. The van der Waals surface area contributed by atoms with E-state index in [2.05, 4.69) is 6.92 Å². The number of rotatable bonds is 4. The first-order valence-corrected chi connectivity index (χ1v) is 7.41. The lowest BCUT2D eigenvalue weighted by atomic mass is 9.99. The summed E-state index contributed by atoms with van der Waals surface area (Å²) >= 11 is 2.05. The van der Waals surface area contributed by atoms with Crippen LogP contribution < -0.4 is 0 Å². The average Bonchev–Trinajstić information content (AvgIpc) is 2.39. The second-order valence-electron chi connectivity index (χ2n) is 4.56. The Hall–Kier alpha value is -0.940. The zero-order valence-corrected chi connectivity index (χ0v) is 12.9. The van der Waals surface area contributed by atoms with Gasteiger partial charge in [-0.2, -0.15) is 0 Å². The fourth-order valence-corrected chi connectivity index (χ4v) is 2.83. The van der Waals surface area contributed by atoms with Gasteiger partial charge in [0.2, 0.25) is 0 Å². The molecule has 19 heavy (non-hydrogen) atoms. The van der Waals surface area contributed by atoms with E-state index in [1.165, 1.54) is 17.7 Å². The smallest absolute Gasteiger partial charge is 0.124 e. The molecule has 1 unspecified atom stereocenters. The maximum absolute atomic E-state index is 13.1. The summed E-state index contributed by atoms with van der Waals surface area (Å²) < 4.78 is 13.8. The van der Waals surface area contributed by atoms with Crippen LogP contribution in [0.3, 0.4) is 0 Å². The molecule has 100 valence electrons. The van der Waals surface area contributed by atoms with Crippen LogP contribution in [-0.2, 0) is 6.42 Å². The Morgan fingerprint density at radius 1 is 1.16 bits per heavy atom. The summed E-state index contributed by atoms with van der Waals surface area (Å²) in [5.74, 6) is -0.279. The van der Waals surface area contributed by atoms with Crippen LogP contribution in [-0.4, -0.2) is 5.11 Å². The molecule has 0 heterocycles. The van der Waals surface area contributed by atoms with Gasteiger partial charge in [0.1, 0.15) is 11.9 Å². The monoisotopic (exact) mass is 370 g/mol. The highest BCUT2D eigenvalue weighted by atomic mass is 127. The topological polar surface area (TPSA) is 20.2 Å². The minimum Gasteiger partial charge on any atom is -0.384 e. The van der Waals surface area contributed by atoms with Gasteiger partial charge < -0.3 is 5.11 Å². The molecule has 0 fully saturated rings. The number of hydrogen-bond donors (Lipinski definition) is 1. The number of benzene rings is 2. The van der Waals surface area contributed by atoms with Crippen LogP contribution >= 0.6 is 22.6 Å². The van der Waals surface area contributed by atoms with Crippen molar-refractivity contribution in [2.75, 3.05) is 0 Å². The van der Waals surface area contributed by atoms with E-state index in [0.29, 0.717) is 0 Å². The van der Waals surface area contributed by atoms with Gasteiger partial charge in [-0.3, -0.25) is 0 Å². The molecule has 1 atom stereocenters. The van der Waals surface area contributed by atoms with E-state index in [4.69, 9.17) is 0 Å². The Morgan fingerprint density at radius 2 is 1.84 bits per heavy atom. The van der Waals surface area contributed by atoms with Crippen LogP contribution in [0.5, 0.6) is 0 Å². The first-order valence-electron chi connectivity index (χ1n) is 6.33. The van der Waals surface area contributed by atoms with Crippen molar-refractivity contribution in [2.45, 2.75) is 25.9 Å². The van der Waals surface area contributed by atoms with Crippen LogP contribution in [0.15, 0.2) is 42.5 Å². The second kappa shape index (κ2) is 6.48. The molecule has 0 bridgehead atoms. The number of aryl methyl sites for hydroxylation is 1. The summed E-state index contributed by atoms with van der Waals surface area (Å²) in [6, 6.07) is 12.4. The summed E-state index contributed by atoms with van der Waals surface area (Å²) in [7, 11) is 0. The summed E-state index contributed by atoms with van der Waals surface area (Å²) in [5.41, 5.74) is 2.85. The van der Waals surface area contributed by atoms with Crippen molar-refractivity contribution in [2.24, 2.45) is 0 Å². The molecular weight excluding hydrogens is 354 g/mol. The molecule has 0 radical (unpaired) electrons. The maximum Gasteiger partial charge on any atom is 0.124 e. The van der Waals surface area contributed by atoms with Crippen LogP contribution in [0.1, 0.15) is 36.1 Å². The van der Waals surface area contributed by atoms with E-state index in [-0.39, 0.29) is 5.82 Å². The molecule has 2 aromatic rings. The third-order valence-electron chi connectivity index (χ3n) is 3.09. The Kier molecular flexibility index (Phi) is 4.93. The molecule has 2 aromatic carbocycles. The van der Waals surface area contributed by atoms with Crippen molar-refractivity contribution < 1.29 is 9.50 Å². The van der Waals surface area contributed by atoms with Crippen LogP contribution in [0, 0.1) is 9.39 Å². The zero-order chi connectivity index (χ0) is 13.8. The number of aliphatic hydroxyl groups excluding tert-OH is 1. The van der Waals surface area contributed by atoms with Gasteiger partial charge in [0.15, 0.2) is 0 Å². The largest absolute Gasteiger partial charge is 0.384 e. The van der Waals surface area contributed by atoms with E-state index >= 15 is 0 Å². The van der Waals surface area contributed by atoms with Gasteiger partial charge >= 0.3 is 0 Å². The third kappa shape index (κ3) is 3.54. The lowest BCUT2D eigenvalue weighted by molar-refractivity contribution is 0.219. The molecule has 0 saturated carbocycles. The standard InChI is InChI=1S/C16H16FIO/c1-2-3-11-4-6-12(7-5-11)16(19)14-9-8-13(17)10-15(14)18/h4-10,16,19H,2-3H2,1H3. The Bertz CT molecular complexity index is 551. The van der Waals surface area contributed by atoms with Crippen LogP contribution in [0.2, 0.25) is 0 Å². The second-order valence-corrected chi connectivity index (χ2v) is 5.72. The average molecular weight is 370 g/mol. The highest BCUT2D eigenvalue weighted by Crippen LogP contribution is 2.27. The molecule has 0 saturated heterocycles.